The lowest BCUT2D eigenvalue weighted by Crippen LogP contribution is -2.14. The molecule has 0 spiro atoms. The predicted octanol–water partition coefficient (Wildman–Crippen LogP) is 3.54. The number of aromatic nitrogens is 2. The standard InChI is InChI=1S/C14H14ClN3O3/c1-14(2,3)12-11(8-19)13(15)17(16-12)9-5-4-6-10(7-9)18(20)21/h4-8H,1-3H3. The summed E-state index contributed by atoms with van der Waals surface area (Å²) in [4.78, 5) is 21.6. The lowest BCUT2D eigenvalue weighted by molar-refractivity contribution is -0.384. The summed E-state index contributed by atoms with van der Waals surface area (Å²) in [6.45, 7) is 5.74. The van der Waals surface area contributed by atoms with Gasteiger partial charge >= 0.3 is 0 Å². The predicted molar refractivity (Wildman–Crippen MR) is 79.3 cm³/mol. The third kappa shape index (κ3) is 2.80. The Hall–Kier alpha value is -2.21. The zero-order chi connectivity index (χ0) is 15.8. The maximum absolute atomic E-state index is 11.3. The molecule has 1 aromatic carbocycles. The number of hydrogen-bond acceptors (Lipinski definition) is 4. The maximum atomic E-state index is 11.3. The minimum atomic E-state index is -0.494. The smallest absolute Gasteiger partial charge is 0.271 e. The first-order chi connectivity index (χ1) is 9.75. The lowest BCUT2D eigenvalue weighted by Gasteiger charge is -2.15. The first kappa shape index (κ1) is 15.2. The largest absolute Gasteiger partial charge is 0.298 e. The van der Waals surface area contributed by atoms with Crippen molar-refractivity contribution in [3.8, 4) is 5.69 Å². The second kappa shape index (κ2) is 5.29. The molecule has 0 atom stereocenters. The molecule has 0 fully saturated rings. The first-order valence-electron chi connectivity index (χ1n) is 6.24. The molecular formula is C14H14ClN3O3. The van der Waals surface area contributed by atoms with Gasteiger partial charge in [-0.15, -0.1) is 0 Å². The van der Waals surface area contributed by atoms with Crippen molar-refractivity contribution in [3.63, 3.8) is 0 Å². The fourth-order valence-corrected chi connectivity index (χ4v) is 2.25. The number of non-ortho nitro benzene ring substituents is 1. The number of hydrogen-bond donors (Lipinski definition) is 0. The van der Waals surface area contributed by atoms with Crippen molar-refractivity contribution in [2.24, 2.45) is 0 Å². The quantitative estimate of drug-likeness (QED) is 0.493. The SMILES string of the molecule is CC(C)(C)c1nn(-c2cccc([N+](=O)[O-])c2)c(Cl)c1C=O. The highest BCUT2D eigenvalue weighted by Crippen LogP contribution is 2.31. The molecule has 0 radical (unpaired) electrons. The molecule has 0 bridgehead atoms. The van der Waals surface area contributed by atoms with Gasteiger partial charge < -0.3 is 0 Å². The van der Waals surface area contributed by atoms with Gasteiger partial charge in [0.2, 0.25) is 0 Å². The Morgan fingerprint density at radius 2 is 2.05 bits per heavy atom. The number of rotatable bonds is 3. The Balaban J connectivity index is 2.65. The minimum absolute atomic E-state index is 0.0657. The number of aldehydes is 1. The van der Waals surface area contributed by atoms with Crippen LogP contribution in [0.4, 0.5) is 5.69 Å². The molecule has 0 amide bonds. The lowest BCUT2D eigenvalue weighted by atomic mass is 9.90. The van der Waals surface area contributed by atoms with Gasteiger partial charge in [-0.05, 0) is 6.07 Å². The van der Waals surface area contributed by atoms with Crippen LogP contribution < -0.4 is 0 Å². The van der Waals surface area contributed by atoms with Crippen molar-refractivity contribution >= 4 is 23.6 Å². The molecule has 0 unspecified atom stereocenters. The van der Waals surface area contributed by atoms with E-state index in [2.05, 4.69) is 5.10 Å². The average molecular weight is 308 g/mol. The van der Waals surface area contributed by atoms with Crippen molar-refractivity contribution in [2.75, 3.05) is 0 Å². The highest BCUT2D eigenvalue weighted by atomic mass is 35.5. The van der Waals surface area contributed by atoms with E-state index in [4.69, 9.17) is 11.6 Å². The first-order valence-corrected chi connectivity index (χ1v) is 6.62. The van der Waals surface area contributed by atoms with Crippen molar-refractivity contribution in [1.29, 1.82) is 0 Å². The molecule has 0 N–H and O–H groups in total. The Bertz CT molecular complexity index is 717. The number of nitro groups is 1. The third-order valence-corrected chi connectivity index (χ3v) is 3.34. The molecule has 1 aromatic heterocycles. The van der Waals surface area contributed by atoms with Crippen LogP contribution in [0, 0.1) is 10.1 Å². The van der Waals surface area contributed by atoms with E-state index in [0.29, 0.717) is 23.2 Å². The normalized spacial score (nSPS) is 11.4. The van der Waals surface area contributed by atoms with Crippen LogP contribution in [0.15, 0.2) is 24.3 Å². The molecule has 0 aliphatic heterocycles. The zero-order valence-electron chi connectivity index (χ0n) is 11.8. The fourth-order valence-electron chi connectivity index (χ4n) is 1.98. The molecule has 110 valence electrons. The molecule has 1 heterocycles. The van der Waals surface area contributed by atoms with Crippen LogP contribution in [0.3, 0.4) is 0 Å². The summed E-state index contributed by atoms with van der Waals surface area (Å²) in [6.07, 6.45) is 0.657. The summed E-state index contributed by atoms with van der Waals surface area (Å²) in [7, 11) is 0. The van der Waals surface area contributed by atoms with Crippen molar-refractivity contribution < 1.29 is 9.72 Å². The van der Waals surface area contributed by atoms with Crippen LogP contribution in [0.1, 0.15) is 36.8 Å². The molecule has 7 heteroatoms. The van der Waals surface area contributed by atoms with Crippen LogP contribution >= 0.6 is 11.6 Å². The molecular weight excluding hydrogens is 294 g/mol. The summed E-state index contributed by atoms with van der Waals surface area (Å²) in [5.41, 5.74) is 0.854. The second-order valence-electron chi connectivity index (χ2n) is 5.61. The molecule has 0 aliphatic carbocycles. The Morgan fingerprint density at radius 3 is 2.52 bits per heavy atom. The average Bonchev–Trinajstić information content (AvgIpc) is 2.75. The third-order valence-electron chi connectivity index (χ3n) is 2.98. The summed E-state index contributed by atoms with van der Waals surface area (Å²) >= 11 is 6.20. The van der Waals surface area contributed by atoms with E-state index in [1.165, 1.54) is 16.8 Å². The van der Waals surface area contributed by atoms with Gasteiger partial charge in [-0.2, -0.15) is 5.10 Å². The van der Waals surface area contributed by atoms with E-state index < -0.39 is 4.92 Å². The van der Waals surface area contributed by atoms with E-state index in [9.17, 15) is 14.9 Å². The van der Waals surface area contributed by atoms with Crippen LogP contribution in [0.5, 0.6) is 0 Å². The number of benzene rings is 1. The number of halogens is 1. The van der Waals surface area contributed by atoms with E-state index in [1.807, 2.05) is 20.8 Å². The van der Waals surface area contributed by atoms with E-state index in [-0.39, 0.29) is 16.3 Å². The number of nitrogens with zero attached hydrogens (tertiary/aromatic N) is 3. The van der Waals surface area contributed by atoms with Gasteiger partial charge in [-0.1, -0.05) is 38.4 Å². The van der Waals surface area contributed by atoms with E-state index in [0.717, 1.165) is 0 Å². The zero-order valence-corrected chi connectivity index (χ0v) is 12.6. The van der Waals surface area contributed by atoms with Gasteiger partial charge in [-0.25, -0.2) is 4.68 Å². The summed E-state index contributed by atoms with van der Waals surface area (Å²) < 4.78 is 1.35. The van der Waals surface area contributed by atoms with Gasteiger partial charge in [-0.3, -0.25) is 14.9 Å². The molecule has 0 saturated carbocycles. The van der Waals surface area contributed by atoms with E-state index >= 15 is 0 Å². The number of carbonyl (C=O) groups excluding carboxylic acids is 1. The minimum Gasteiger partial charge on any atom is -0.298 e. The van der Waals surface area contributed by atoms with Crippen molar-refractivity contribution in [3.05, 3.63) is 50.8 Å². The van der Waals surface area contributed by atoms with Gasteiger partial charge in [0.05, 0.1) is 21.9 Å². The summed E-state index contributed by atoms with van der Waals surface area (Å²) in [6, 6.07) is 5.93. The molecule has 0 saturated heterocycles. The number of carbonyl (C=O) groups is 1. The van der Waals surface area contributed by atoms with E-state index in [1.54, 1.807) is 12.1 Å². The van der Waals surface area contributed by atoms with Gasteiger partial charge in [0.1, 0.15) is 5.15 Å². The van der Waals surface area contributed by atoms with Crippen LogP contribution in [0.25, 0.3) is 5.69 Å². The monoisotopic (exact) mass is 307 g/mol. The Morgan fingerprint density at radius 1 is 1.38 bits per heavy atom. The number of nitro benzene ring substituents is 1. The summed E-state index contributed by atoms with van der Waals surface area (Å²) in [5.74, 6) is 0. The van der Waals surface area contributed by atoms with Gasteiger partial charge in [0.15, 0.2) is 6.29 Å². The highest BCUT2D eigenvalue weighted by molar-refractivity contribution is 6.32. The molecule has 2 rings (SSSR count). The molecule has 2 aromatic rings. The van der Waals surface area contributed by atoms with Gasteiger partial charge in [0, 0.05) is 17.5 Å². The van der Waals surface area contributed by atoms with Crippen LogP contribution in [0.2, 0.25) is 5.15 Å². The highest BCUT2D eigenvalue weighted by Gasteiger charge is 2.26. The maximum Gasteiger partial charge on any atom is 0.271 e. The molecule has 21 heavy (non-hydrogen) atoms. The fraction of sp³-hybridized carbons (Fsp3) is 0.286. The second-order valence-corrected chi connectivity index (χ2v) is 5.97. The van der Waals surface area contributed by atoms with Gasteiger partial charge in [0.25, 0.3) is 5.69 Å². The van der Waals surface area contributed by atoms with Crippen LogP contribution in [-0.4, -0.2) is 21.0 Å². The molecule has 6 nitrogen and oxygen atoms in total. The Labute approximate surface area is 126 Å². The summed E-state index contributed by atoms with van der Waals surface area (Å²) in [5, 5.41) is 15.3. The molecule has 0 aliphatic rings. The van der Waals surface area contributed by atoms with Crippen molar-refractivity contribution in [1.82, 2.24) is 9.78 Å². The van der Waals surface area contributed by atoms with Crippen LogP contribution in [-0.2, 0) is 5.41 Å². The topological polar surface area (TPSA) is 78.0 Å². The Kier molecular flexibility index (Phi) is 3.82. The van der Waals surface area contributed by atoms with Crippen molar-refractivity contribution in [2.45, 2.75) is 26.2 Å².